The molecule has 0 aromatic rings. The number of aliphatic hydroxyl groups excluding tert-OH is 1. The lowest BCUT2D eigenvalue weighted by molar-refractivity contribution is -0.155. The van der Waals surface area contributed by atoms with E-state index in [2.05, 4.69) is 0 Å². The lowest BCUT2D eigenvalue weighted by Crippen LogP contribution is -2.51. The van der Waals surface area contributed by atoms with Crippen LogP contribution in [0.15, 0.2) is 0 Å². The highest BCUT2D eigenvalue weighted by Gasteiger charge is 2.19. The largest absolute Gasteiger partial charge is 0.394 e. The van der Waals surface area contributed by atoms with Crippen molar-refractivity contribution in [2.45, 2.75) is 6.92 Å². The summed E-state index contributed by atoms with van der Waals surface area (Å²) in [6.07, 6.45) is 0. The Balaban J connectivity index is 2.46. The number of aliphatic hydroxyl groups is 1. The molecule has 0 aliphatic carbocycles. The Morgan fingerprint density at radius 1 is 1.54 bits per heavy atom. The monoisotopic (exact) mass is 188 g/mol. The standard InChI is InChI=1S/C8H16N2O3/c1-8(12)10(2-5-11)9-3-6-13-7-4-9/h11H,2-7H2,1H3. The van der Waals surface area contributed by atoms with E-state index in [4.69, 9.17) is 9.84 Å². The summed E-state index contributed by atoms with van der Waals surface area (Å²) in [5.41, 5.74) is 0. The number of rotatable bonds is 3. The van der Waals surface area contributed by atoms with Crippen molar-refractivity contribution in [3.8, 4) is 0 Å². The van der Waals surface area contributed by atoms with Crippen LogP contribution >= 0.6 is 0 Å². The Morgan fingerprint density at radius 2 is 2.15 bits per heavy atom. The van der Waals surface area contributed by atoms with Crippen molar-refractivity contribution in [1.82, 2.24) is 10.0 Å². The predicted octanol–water partition coefficient (Wildman–Crippen LogP) is -0.926. The minimum Gasteiger partial charge on any atom is -0.394 e. The van der Waals surface area contributed by atoms with E-state index in [9.17, 15) is 4.79 Å². The second kappa shape index (κ2) is 5.16. The average Bonchev–Trinajstić information content (AvgIpc) is 2.15. The van der Waals surface area contributed by atoms with Crippen molar-refractivity contribution >= 4 is 5.91 Å². The Kier molecular flexibility index (Phi) is 4.14. The van der Waals surface area contributed by atoms with Gasteiger partial charge in [-0.25, -0.2) is 5.01 Å². The van der Waals surface area contributed by atoms with E-state index in [1.807, 2.05) is 5.01 Å². The zero-order chi connectivity index (χ0) is 9.68. The summed E-state index contributed by atoms with van der Waals surface area (Å²) < 4.78 is 5.17. The van der Waals surface area contributed by atoms with Crippen LogP contribution in [0.5, 0.6) is 0 Å². The van der Waals surface area contributed by atoms with Crippen LogP contribution in [-0.4, -0.2) is 60.5 Å². The fourth-order valence-corrected chi connectivity index (χ4v) is 1.39. The van der Waals surface area contributed by atoms with Crippen molar-refractivity contribution in [2.24, 2.45) is 0 Å². The molecule has 1 saturated heterocycles. The van der Waals surface area contributed by atoms with E-state index in [1.54, 1.807) is 5.01 Å². The van der Waals surface area contributed by atoms with Crippen molar-refractivity contribution in [3.05, 3.63) is 0 Å². The van der Waals surface area contributed by atoms with Gasteiger partial charge in [0.25, 0.3) is 0 Å². The summed E-state index contributed by atoms with van der Waals surface area (Å²) in [5, 5.41) is 12.3. The number of amides is 1. The number of hydrogen-bond donors (Lipinski definition) is 1. The van der Waals surface area contributed by atoms with Gasteiger partial charge in [-0.1, -0.05) is 0 Å². The second-order valence-corrected chi connectivity index (χ2v) is 2.93. The summed E-state index contributed by atoms with van der Waals surface area (Å²) >= 11 is 0. The van der Waals surface area contributed by atoms with Crippen LogP contribution in [0.3, 0.4) is 0 Å². The molecule has 13 heavy (non-hydrogen) atoms. The normalized spacial score (nSPS) is 18.6. The van der Waals surface area contributed by atoms with Gasteiger partial charge in [-0.05, 0) is 0 Å². The zero-order valence-corrected chi connectivity index (χ0v) is 7.90. The Morgan fingerprint density at radius 3 is 2.62 bits per heavy atom. The molecule has 1 rings (SSSR count). The molecule has 0 unspecified atom stereocenters. The summed E-state index contributed by atoms with van der Waals surface area (Å²) in [5.74, 6) is -0.0315. The number of nitrogens with zero attached hydrogens (tertiary/aromatic N) is 2. The molecule has 0 aromatic carbocycles. The Bertz CT molecular complexity index is 169. The molecular formula is C8H16N2O3. The molecule has 1 amide bonds. The molecule has 0 radical (unpaired) electrons. The van der Waals surface area contributed by atoms with E-state index in [-0.39, 0.29) is 12.5 Å². The first-order chi connectivity index (χ1) is 6.25. The van der Waals surface area contributed by atoms with Gasteiger partial charge in [0.2, 0.25) is 5.91 Å². The summed E-state index contributed by atoms with van der Waals surface area (Å²) in [7, 11) is 0. The maximum atomic E-state index is 11.2. The number of ether oxygens (including phenoxy) is 1. The molecule has 5 heteroatoms. The van der Waals surface area contributed by atoms with Crippen LogP contribution in [0.1, 0.15) is 6.92 Å². The van der Waals surface area contributed by atoms with E-state index in [0.29, 0.717) is 19.8 Å². The molecule has 0 aromatic heterocycles. The van der Waals surface area contributed by atoms with Gasteiger partial charge in [0.1, 0.15) is 0 Å². The van der Waals surface area contributed by atoms with Gasteiger partial charge in [0.15, 0.2) is 0 Å². The fourth-order valence-electron chi connectivity index (χ4n) is 1.39. The number of hydrazine groups is 1. The van der Waals surface area contributed by atoms with E-state index in [0.717, 1.165) is 13.1 Å². The van der Waals surface area contributed by atoms with Crippen LogP contribution in [0.2, 0.25) is 0 Å². The zero-order valence-electron chi connectivity index (χ0n) is 7.90. The third-order valence-corrected chi connectivity index (χ3v) is 2.00. The van der Waals surface area contributed by atoms with Gasteiger partial charge in [0.05, 0.1) is 26.4 Å². The number of carbonyl (C=O) groups excluding carboxylic acids is 1. The SMILES string of the molecule is CC(=O)N(CCO)N1CCOCC1. The van der Waals surface area contributed by atoms with Crippen LogP contribution in [0, 0.1) is 0 Å². The maximum Gasteiger partial charge on any atom is 0.233 e. The molecule has 0 spiro atoms. The van der Waals surface area contributed by atoms with Crippen LogP contribution in [0.25, 0.3) is 0 Å². The molecule has 0 saturated carbocycles. The quantitative estimate of drug-likeness (QED) is 0.622. The predicted molar refractivity (Wildman–Crippen MR) is 46.9 cm³/mol. The molecule has 0 atom stereocenters. The topological polar surface area (TPSA) is 53.0 Å². The first kappa shape index (κ1) is 10.4. The molecule has 1 N–H and O–H groups in total. The van der Waals surface area contributed by atoms with Crippen LogP contribution < -0.4 is 0 Å². The Labute approximate surface area is 77.8 Å². The fraction of sp³-hybridized carbons (Fsp3) is 0.875. The number of carbonyl (C=O) groups is 1. The molecule has 0 bridgehead atoms. The van der Waals surface area contributed by atoms with E-state index in [1.165, 1.54) is 6.92 Å². The van der Waals surface area contributed by atoms with E-state index >= 15 is 0 Å². The molecule has 1 aliphatic heterocycles. The van der Waals surface area contributed by atoms with Gasteiger partial charge in [-0.15, -0.1) is 0 Å². The molecule has 5 nitrogen and oxygen atoms in total. The number of hydrogen-bond acceptors (Lipinski definition) is 4. The Hall–Kier alpha value is -0.650. The molecule has 76 valence electrons. The van der Waals surface area contributed by atoms with Crippen molar-refractivity contribution < 1.29 is 14.6 Å². The van der Waals surface area contributed by atoms with Gasteiger partial charge < -0.3 is 9.84 Å². The van der Waals surface area contributed by atoms with Crippen molar-refractivity contribution in [1.29, 1.82) is 0 Å². The smallest absolute Gasteiger partial charge is 0.233 e. The average molecular weight is 188 g/mol. The minimum absolute atomic E-state index is 0.00304. The first-order valence-electron chi connectivity index (χ1n) is 4.47. The molecule has 1 fully saturated rings. The highest BCUT2D eigenvalue weighted by molar-refractivity contribution is 5.72. The molecule has 1 aliphatic rings. The summed E-state index contributed by atoms with van der Waals surface area (Å²) in [4.78, 5) is 11.2. The van der Waals surface area contributed by atoms with Crippen LogP contribution in [0.4, 0.5) is 0 Å². The van der Waals surface area contributed by atoms with E-state index < -0.39 is 0 Å². The second-order valence-electron chi connectivity index (χ2n) is 2.93. The summed E-state index contributed by atoms with van der Waals surface area (Å²) in [6.45, 7) is 4.61. The van der Waals surface area contributed by atoms with Crippen molar-refractivity contribution in [2.75, 3.05) is 39.5 Å². The highest BCUT2D eigenvalue weighted by Crippen LogP contribution is 2.02. The number of morpholine rings is 1. The maximum absolute atomic E-state index is 11.2. The van der Waals surface area contributed by atoms with Gasteiger partial charge in [-0.3, -0.25) is 9.80 Å². The van der Waals surface area contributed by atoms with Gasteiger partial charge >= 0.3 is 0 Å². The lowest BCUT2D eigenvalue weighted by atomic mass is 10.4. The van der Waals surface area contributed by atoms with Crippen LogP contribution in [-0.2, 0) is 9.53 Å². The lowest BCUT2D eigenvalue weighted by Gasteiger charge is -2.36. The van der Waals surface area contributed by atoms with Gasteiger partial charge in [-0.2, -0.15) is 0 Å². The summed E-state index contributed by atoms with van der Waals surface area (Å²) in [6, 6.07) is 0. The molecule has 1 heterocycles. The minimum atomic E-state index is -0.0315. The third kappa shape index (κ3) is 2.95. The molecular weight excluding hydrogens is 172 g/mol. The van der Waals surface area contributed by atoms with Crippen molar-refractivity contribution in [3.63, 3.8) is 0 Å². The van der Waals surface area contributed by atoms with Gasteiger partial charge in [0, 0.05) is 20.0 Å². The third-order valence-electron chi connectivity index (χ3n) is 2.00. The highest BCUT2D eigenvalue weighted by atomic mass is 16.5. The first-order valence-corrected chi connectivity index (χ1v) is 4.47.